The number of rotatable bonds is 5. The molecule has 0 spiro atoms. The first-order valence-electron chi connectivity index (χ1n) is 4.99. The number of hydrogen-bond acceptors (Lipinski definition) is 2. The molecule has 1 heterocycles. The molecule has 13 heavy (non-hydrogen) atoms. The Hall–Kier alpha value is -0.990. The van der Waals surface area contributed by atoms with Crippen molar-refractivity contribution in [2.75, 3.05) is 11.9 Å². The molecule has 0 fully saturated rings. The van der Waals surface area contributed by atoms with E-state index in [2.05, 4.69) is 35.6 Å². The van der Waals surface area contributed by atoms with Gasteiger partial charge in [0.05, 0.1) is 0 Å². The van der Waals surface area contributed by atoms with Gasteiger partial charge in [0.2, 0.25) is 5.95 Å². The Morgan fingerprint density at radius 3 is 2.92 bits per heavy atom. The molecule has 1 rings (SSSR count). The van der Waals surface area contributed by atoms with E-state index < -0.39 is 0 Å². The van der Waals surface area contributed by atoms with Crippen LogP contribution in [-0.4, -0.2) is 16.1 Å². The Kier molecular flexibility index (Phi) is 3.80. The third-order valence-corrected chi connectivity index (χ3v) is 1.81. The third-order valence-electron chi connectivity index (χ3n) is 1.81. The van der Waals surface area contributed by atoms with Crippen molar-refractivity contribution in [1.29, 1.82) is 0 Å². The van der Waals surface area contributed by atoms with Gasteiger partial charge in [0.25, 0.3) is 0 Å². The summed E-state index contributed by atoms with van der Waals surface area (Å²) in [5.74, 6) is 1.66. The van der Waals surface area contributed by atoms with Crippen LogP contribution in [-0.2, 0) is 6.54 Å². The summed E-state index contributed by atoms with van der Waals surface area (Å²) in [4.78, 5) is 4.26. The molecule has 0 aliphatic rings. The molecular formula is C10H19N3. The summed E-state index contributed by atoms with van der Waals surface area (Å²) in [7, 11) is 0. The maximum atomic E-state index is 4.26. The standard InChI is InChI=1S/C10H19N3/c1-4-5-11-10-12-6-7-13(10)8-9(2)3/h6-7,9H,4-5,8H2,1-3H3,(H,11,12). The Morgan fingerprint density at radius 2 is 2.31 bits per heavy atom. The fraction of sp³-hybridized carbons (Fsp3) is 0.700. The van der Waals surface area contributed by atoms with Crippen LogP contribution in [0.3, 0.4) is 0 Å². The lowest BCUT2D eigenvalue weighted by atomic mass is 10.2. The van der Waals surface area contributed by atoms with Crippen LogP contribution >= 0.6 is 0 Å². The molecule has 3 heteroatoms. The number of aromatic nitrogens is 2. The minimum absolute atomic E-state index is 0.663. The largest absolute Gasteiger partial charge is 0.356 e. The lowest BCUT2D eigenvalue weighted by Gasteiger charge is -2.10. The minimum atomic E-state index is 0.663. The van der Waals surface area contributed by atoms with Crippen molar-refractivity contribution >= 4 is 5.95 Å². The summed E-state index contributed by atoms with van der Waals surface area (Å²) >= 11 is 0. The molecule has 0 amide bonds. The molecule has 0 saturated carbocycles. The summed E-state index contributed by atoms with van der Waals surface area (Å²) in [5.41, 5.74) is 0. The molecule has 0 saturated heterocycles. The van der Waals surface area contributed by atoms with Crippen molar-refractivity contribution < 1.29 is 0 Å². The van der Waals surface area contributed by atoms with Gasteiger partial charge in [0.15, 0.2) is 0 Å². The Balaban J connectivity index is 2.55. The zero-order valence-electron chi connectivity index (χ0n) is 8.75. The lowest BCUT2D eigenvalue weighted by molar-refractivity contribution is 0.526. The maximum Gasteiger partial charge on any atom is 0.202 e. The molecule has 0 atom stereocenters. The number of imidazole rings is 1. The van der Waals surface area contributed by atoms with Gasteiger partial charge in [-0.15, -0.1) is 0 Å². The van der Waals surface area contributed by atoms with Crippen LogP contribution in [0.15, 0.2) is 12.4 Å². The highest BCUT2D eigenvalue weighted by molar-refractivity contribution is 5.25. The van der Waals surface area contributed by atoms with Crippen molar-refractivity contribution in [2.24, 2.45) is 5.92 Å². The maximum absolute atomic E-state index is 4.26. The molecule has 1 aromatic heterocycles. The SMILES string of the molecule is CCCNc1nccn1CC(C)C. The molecule has 0 radical (unpaired) electrons. The first-order valence-corrected chi connectivity index (χ1v) is 4.99. The van der Waals surface area contributed by atoms with E-state index in [1.807, 2.05) is 12.4 Å². The van der Waals surface area contributed by atoms with E-state index in [1.54, 1.807) is 0 Å². The van der Waals surface area contributed by atoms with E-state index >= 15 is 0 Å². The summed E-state index contributed by atoms with van der Waals surface area (Å²) in [6.07, 6.45) is 5.01. The van der Waals surface area contributed by atoms with Crippen LogP contribution in [0.4, 0.5) is 5.95 Å². The first kappa shape index (κ1) is 10.1. The number of nitrogens with zero attached hydrogens (tertiary/aromatic N) is 2. The fourth-order valence-electron chi connectivity index (χ4n) is 1.25. The van der Waals surface area contributed by atoms with Crippen molar-refractivity contribution in [3.8, 4) is 0 Å². The first-order chi connectivity index (χ1) is 6.24. The van der Waals surface area contributed by atoms with Crippen LogP contribution in [0.1, 0.15) is 27.2 Å². The molecule has 1 N–H and O–H groups in total. The molecule has 0 aliphatic carbocycles. The predicted octanol–water partition coefficient (Wildman–Crippen LogP) is 2.36. The van der Waals surface area contributed by atoms with Crippen LogP contribution in [0, 0.1) is 5.92 Å². The Bertz CT molecular complexity index is 240. The molecule has 1 aromatic rings. The van der Waals surface area contributed by atoms with Crippen molar-refractivity contribution in [3.63, 3.8) is 0 Å². The van der Waals surface area contributed by atoms with E-state index in [0.717, 1.165) is 25.5 Å². The van der Waals surface area contributed by atoms with Gasteiger partial charge in [0.1, 0.15) is 0 Å². The van der Waals surface area contributed by atoms with Gasteiger partial charge in [-0.2, -0.15) is 0 Å². The molecular weight excluding hydrogens is 162 g/mol. The normalized spacial score (nSPS) is 10.8. The zero-order valence-corrected chi connectivity index (χ0v) is 8.75. The number of nitrogens with one attached hydrogen (secondary N) is 1. The number of hydrogen-bond donors (Lipinski definition) is 1. The lowest BCUT2D eigenvalue weighted by Crippen LogP contribution is -2.10. The topological polar surface area (TPSA) is 29.9 Å². The Labute approximate surface area is 80.2 Å². The van der Waals surface area contributed by atoms with E-state index in [-0.39, 0.29) is 0 Å². The summed E-state index contributed by atoms with van der Waals surface area (Å²) in [5, 5.41) is 3.30. The predicted molar refractivity (Wildman–Crippen MR) is 55.8 cm³/mol. The van der Waals surface area contributed by atoms with Crippen LogP contribution in [0.25, 0.3) is 0 Å². The highest BCUT2D eigenvalue weighted by Gasteiger charge is 2.02. The zero-order chi connectivity index (χ0) is 9.68. The highest BCUT2D eigenvalue weighted by Crippen LogP contribution is 2.07. The Morgan fingerprint density at radius 1 is 1.54 bits per heavy atom. The highest BCUT2D eigenvalue weighted by atomic mass is 15.2. The molecule has 0 aromatic carbocycles. The average molecular weight is 181 g/mol. The van der Waals surface area contributed by atoms with Gasteiger partial charge in [0, 0.05) is 25.5 Å². The van der Waals surface area contributed by atoms with E-state index in [1.165, 1.54) is 0 Å². The molecule has 0 unspecified atom stereocenters. The van der Waals surface area contributed by atoms with Gasteiger partial charge in [-0.1, -0.05) is 20.8 Å². The van der Waals surface area contributed by atoms with Gasteiger partial charge in [-0.05, 0) is 12.3 Å². The second kappa shape index (κ2) is 4.90. The average Bonchev–Trinajstić information content (AvgIpc) is 2.48. The van der Waals surface area contributed by atoms with Crippen LogP contribution in [0.2, 0.25) is 0 Å². The third kappa shape index (κ3) is 3.09. The molecule has 0 aliphatic heterocycles. The molecule has 0 bridgehead atoms. The van der Waals surface area contributed by atoms with Gasteiger partial charge in [-0.3, -0.25) is 0 Å². The van der Waals surface area contributed by atoms with E-state index in [9.17, 15) is 0 Å². The van der Waals surface area contributed by atoms with Gasteiger partial charge < -0.3 is 9.88 Å². The monoisotopic (exact) mass is 181 g/mol. The number of anilines is 1. The minimum Gasteiger partial charge on any atom is -0.356 e. The molecule has 74 valence electrons. The van der Waals surface area contributed by atoms with Gasteiger partial charge in [-0.25, -0.2) is 4.98 Å². The summed E-state index contributed by atoms with van der Waals surface area (Å²) in [6.45, 7) is 8.61. The van der Waals surface area contributed by atoms with E-state index in [0.29, 0.717) is 5.92 Å². The summed E-state index contributed by atoms with van der Waals surface area (Å²) in [6, 6.07) is 0. The summed E-state index contributed by atoms with van der Waals surface area (Å²) < 4.78 is 2.17. The van der Waals surface area contributed by atoms with Crippen molar-refractivity contribution in [1.82, 2.24) is 9.55 Å². The second-order valence-electron chi connectivity index (χ2n) is 3.72. The van der Waals surface area contributed by atoms with Crippen molar-refractivity contribution in [2.45, 2.75) is 33.7 Å². The van der Waals surface area contributed by atoms with E-state index in [4.69, 9.17) is 0 Å². The van der Waals surface area contributed by atoms with Crippen LogP contribution in [0.5, 0.6) is 0 Å². The van der Waals surface area contributed by atoms with Crippen LogP contribution < -0.4 is 5.32 Å². The molecule has 3 nitrogen and oxygen atoms in total. The fourth-order valence-corrected chi connectivity index (χ4v) is 1.25. The quantitative estimate of drug-likeness (QED) is 0.755. The van der Waals surface area contributed by atoms with Gasteiger partial charge >= 0.3 is 0 Å². The van der Waals surface area contributed by atoms with Crippen molar-refractivity contribution in [3.05, 3.63) is 12.4 Å². The smallest absolute Gasteiger partial charge is 0.202 e. The second-order valence-corrected chi connectivity index (χ2v) is 3.72.